The van der Waals surface area contributed by atoms with Gasteiger partial charge in [0.1, 0.15) is 0 Å². The number of hydrogen-bond donors (Lipinski definition) is 0. The van der Waals surface area contributed by atoms with Crippen LogP contribution in [-0.4, -0.2) is 11.9 Å². The van der Waals surface area contributed by atoms with Crippen molar-refractivity contribution in [2.45, 2.75) is 0 Å². The Hall–Kier alpha value is -1.62. The van der Waals surface area contributed by atoms with E-state index in [0.717, 1.165) is 4.47 Å². The van der Waals surface area contributed by atoms with Crippen molar-refractivity contribution in [2.75, 3.05) is 0 Å². The minimum Gasteiger partial charge on any atom is -0.402 e. The lowest BCUT2D eigenvalue weighted by Crippen LogP contribution is -2.05. The molecule has 2 aromatic rings. The summed E-state index contributed by atoms with van der Waals surface area (Å²) in [5.74, 6) is -0.259. The molecule has 0 fully saturated rings. The van der Waals surface area contributed by atoms with Crippen LogP contribution in [0, 0.1) is 0 Å². The van der Waals surface area contributed by atoms with E-state index in [2.05, 4.69) is 20.9 Å². The number of carbonyl (C=O) groups is 1. The molecule has 0 unspecified atom stereocenters. The van der Waals surface area contributed by atoms with Crippen LogP contribution in [0.25, 0.3) is 6.08 Å². The van der Waals surface area contributed by atoms with Crippen LogP contribution in [0.2, 0.25) is 10.0 Å². The van der Waals surface area contributed by atoms with E-state index in [4.69, 9.17) is 27.9 Å². The summed E-state index contributed by atoms with van der Waals surface area (Å²) < 4.78 is 6.02. The van der Waals surface area contributed by atoms with Gasteiger partial charge in [-0.3, -0.25) is 0 Å². The minimum atomic E-state index is -0.517. The van der Waals surface area contributed by atoms with E-state index < -0.39 is 5.97 Å². The Kier molecular flexibility index (Phi) is 4.34. The molecular formula is C16H8BrCl2NO2. The van der Waals surface area contributed by atoms with Crippen molar-refractivity contribution in [3.63, 3.8) is 0 Å². The van der Waals surface area contributed by atoms with Crippen molar-refractivity contribution >= 4 is 57.1 Å². The molecule has 0 aliphatic carbocycles. The summed E-state index contributed by atoms with van der Waals surface area (Å²) in [5, 5.41) is 0.968. The second-order valence-electron chi connectivity index (χ2n) is 4.48. The molecule has 0 amide bonds. The summed E-state index contributed by atoms with van der Waals surface area (Å²) in [5.41, 5.74) is 1.55. The number of halogens is 3. The first-order chi connectivity index (χ1) is 10.5. The third-order valence-electron chi connectivity index (χ3n) is 2.98. The Morgan fingerprint density at radius 1 is 1.14 bits per heavy atom. The lowest BCUT2D eigenvalue weighted by atomic mass is 10.2. The van der Waals surface area contributed by atoms with E-state index in [0.29, 0.717) is 21.2 Å². The second kappa shape index (κ2) is 6.24. The van der Waals surface area contributed by atoms with Crippen molar-refractivity contribution < 1.29 is 9.53 Å². The van der Waals surface area contributed by atoms with Crippen LogP contribution in [0.5, 0.6) is 0 Å². The van der Waals surface area contributed by atoms with Crippen molar-refractivity contribution in [1.82, 2.24) is 0 Å². The van der Waals surface area contributed by atoms with Gasteiger partial charge in [0.15, 0.2) is 5.70 Å². The van der Waals surface area contributed by atoms with Gasteiger partial charge in [-0.25, -0.2) is 9.79 Å². The number of cyclic esters (lactones) is 1. The molecule has 1 heterocycles. The molecule has 1 aliphatic rings. The number of hydrogen-bond acceptors (Lipinski definition) is 3. The van der Waals surface area contributed by atoms with Gasteiger partial charge in [0.25, 0.3) is 0 Å². The number of nitrogens with zero attached hydrogens (tertiary/aromatic N) is 1. The Balaban J connectivity index is 2.00. The Labute approximate surface area is 145 Å². The molecule has 0 radical (unpaired) electrons. The van der Waals surface area contributed by atoms with Crippen LogP contribution in [0.1, 0.15) is 11.1 Å². The van der Waals surface area contributed by atoms with Gasteiger partial charge in [0.05, 0.1) is 5.56 Å². The highest BCUT2D eigenvalue weighted by Gasteiger charge is 2.25. The zero-order valence-corrected chi connectivity index (χ0v) is 14.1. The number of rotatable bonds is 2. The lowest BCUT2D eigenvalue weighted by Gasteiger charge is -2.01. The van der Waals surface area contributed by atoms with Gasteiger partial charge in [-0.15, -0.1) is 0 Å². The quantitative estimate of drug-likeness (QED) is 0.523. The molecule has 0 saturated carbocycles. The van der Waals surface area contributed by atoms with E-state index >= 15 is 0 Å². The lowest BCUT2D eigenvalue weighted by molar-refractivity contribution is -0.129. The predicted molar refractivity (Wildman–Crippen MR) is 91.2 cm³/mol. The van der Waals surface area contributed by atoms with Crippen LogP contribution < -0.4 is 0 Å². The predicted octanol–water partition coefficient (Wildman–Crippen LogP) is 5.10. The van der Waals surface area contributed by atoms with Crippen molar-refractivity contribution in [1.29, 1.82) is 0 Å². The Morgan fingerprint density at radius 2 is 1.91 bits per heavy atom. The van der Waals surface area contributed by atoms with Gasteiger partial charge >= 0.3 is 5.97 Å². The maximum Gasteiger partial charge on any atom is 0.363 e. The summed E-state index contributed by atoms with van der Waals surface area (Å²) in [6, 6.07) is 12.4. The molecule has 0 saturated heterocycles. The molecule has 0 N–H and O–H groups in total. The van der Waals surface area contributed by atoms with E-state index in [9.17, 15) is 4.79 Å². The molecule has 0 atom stereocenters. The van der Waals surface area contributed by atoms with Crippen LogP contribution in [0.4, 0.5) is 0 Å². The molecule has 110 valence electrons. The topological polar surface area (TPSA) is 38.7 Å². The van der Waals surface area contributed by atoms with Crippen molar-refractivity contribution in [3.05, 3.63) is 73.8 Å². The van der Waals surface area contributed by atoms with E-state index in [-0.39, 0.29) is 11.6 Å². The van der Waals surface area contributed by atoms with Gasteiger partial charge in [-0.1, -0.05) is 41.4 Å². The smallest absolute Gasteiger partial charge is 0.363 e. The zero-order chi connectivity index (χ0) is 15.7. The molecule has 2 aromatic carbocycles. The van der Waals surface area contributed by atoms with Crippen LogP contribution in [0.3, 0.4) is 0 Å². The summed E-state index contributed by atoms with van der Waals surface area (Å²) >= 11 is 15.4. The normalized spacial score (nSPS) is 15.9. The molecule has 0 spiro atoms. The molecule has 3 rings (SSSR count). The van der Waals surface area contributed by atoms with E-state index in [1.165, 1.54) is 0 Å². The first-order valence-corrected chi connectivity index (χ1v) is 7.82. The first-order valence-electron chi connectivity index (χ1n) is 6.27. The molecule has 0 bridgehead atoms. The van der Waals surface area contributed by atoms with E-state index in [1.807, 2.05) is 24.3 Å². The van der Waals surface area contributed by atoms with Gasteiger partial charge in [0.2, 0.25) is 5.90 Å². The largest absolute Gasteiger partial charge is 0.402 e. The molecule has 3 nitrogen and oxygen atoms in total. The van der Waals surface area contributed by atoms with Gasteiger partial charge in [-0.2, -0.15) is 0 Å². The Bertz CT molecular complexity index is 831. The molecule has 1 aliphatic heterocycles. The molecular weight excluding hydrogens is 389 g/mol. The number of carbonyl (C=O) groups excluding carboxylic acids is 1. The maximum absolute atomic E-state index is 12.0. The fourth-order valence-electron chi connectivity index (χ4n) is 1.92. The standard InChI is InChI=1S/C16H8BrCl2NO2/c17-12-4-2-1-3-11(12)15-20-14(16(21)22-15)7-9-5-6-10(18)8-13(9)19/h1-8H/b14-7-. The number of esters is 1. The number of ether oxygens (including phenoxy) is 1. The summed E-state index contributed by atoms with van der Waals surface area (Å²) in [6.07, 6.45) is 1.57. The highest BCUT2D eigenvalue weighted by Crippen LogP contribution is 2.27. The molecule has 0 aromatic heterocycles. The number of aliphatic imine (C=N–C) groups is 1. The summed E-state index contributed by atoms with van der Waals surface area (Å²) in [6.45, 7) is 0. The number of benzene rings is 2. The third-order valence-corrected chi connectivity index (χ3v) is 4.23. The van der Waals surface area contributed by atoms with Gasteiger partial charge in [0, 0.05) is 14.5 Å². The molecule has 22 heavy (non-hydrogen) atoms. The van der Waals surface area contributed by atoms with Crippen molar-refractivity contribution in [2.24, 2.45) is 4.99 Å². The monoisotopic (exact) mass is 395 g/mol. The SMILES string of the molecule is O=C1OC(c2ccccc2Br)=N/C1=C\c1ccc(Cl)cc1Cl. The zero-order valence-electron chi connectivity index (χ0n) is 11.0. The Morgan fingerprint density at radius 3 is 2.64 bits per heavy atom. The average Bonchev–Trinajstić information content (AvgIpc) is 2.83. The van der Waals surface area contributed by atoms with Crippen LogP contribution >= 0.6 is 39.1 Å². The highest BCUT2D eigenvalue weighted by molar-refractivity contribution is 9.10. The molecule has 6 heteroatoms. The van der Waals surface area contributed by atoms with Gasteiger partial charge < -0.3 is 4.74 Å². The third kappa shape index (κ3) is 3.09. The van der Waals surface area contributed by atoms with Gasteiger partial charge in [-0.05, 0) is 51.8 Å². The first kappa shape index (κ1) is 15.3. The maximum atomic E-state index is 12.0. The van der Waals surface area contributed by atoms with Crippen LogP contribution in [-0.2, 0) is 9.53 Å². The fourth-order valence-corrected chi connectivity index (χ4v) is 2.84. The highest BCUT2D eigenvalue weighted by atomic mass is 79.9. The summed E-state index contributed by atoms with van der Waals surface area (Å²) in [7, 11) is 0. The van der Waals surface area contributed by atoms with Crippen molar-refractivity contribution in [3.8, 4) is 0 Å². The minimum absolute atomic E-state index is 0.190. The van der Waals surface area contributed by atoms with E-state index in [1.54, 1.807) is 24.3 Å². The second-order valence-corrected chi connectivity index (χ2v) is 6.18. The van der Waals surface area contributed by atoms with Crippen LogP contribution in [0.15, 0.2) is 57.6 Å². The fraction of sp³-hybridized carbons (Fsp3) is 0. The summed E-state index contributed by atoms with van der Waals surface area (Å²) in [4.78, 5) is 16.2. The average molecular weight is 397 g/mol.